The summed E-state index contributed by atoms with van der Waals surface area (Å²) in [5.74, 6) is -1.12. The molecule has 0 bridgehead atoms. The van der Waals surface area contributed by atoms with Crippen LogP contribution in [-0.4, -0.2) is 44.9 Å². The van der Waals surface area contributed by atoms with Crippen molar-refractivity contribution in [2.75, 3.05) is 13.7 Å². The number of carboxylic acid groups (broad SMARTS) is 1. The van der Waals surface area contributed by atoms with Gasteiger partial charge in [0.05, 0.1) is 19.3 Å². The highest BCUT2D eigenvalue weighted by Gasteiger charge is 2.43. The van der Waals surface area contributed by atoms with E-state index in [1.807, 2.05) is 0 Å². The van der Waals surface area contributed by atoms with Crippen molar-refractivity contribution < 1.29 is 19.7 Å². The third-order valence-electron chi connectivity index (χ3n) is 3.49. The summed E-state index contributed by atoms with van der Waals surface area (Å²) >= 11 is 0. The molecule has 0 aromatic carbocycles. The molecule has 1 fully saturated rings. The predicted octanol–water partition coefficient (Wildman–Crippen LogP) is 0.456. The van der Waals surface area contributed by atoms with Crippen LogP contribution in [0.3, 0.4) is 0 Å². The molecule has 1 aromatic heterocycles. The van der Waals surface area contributed by atoms with Gasteiger partial charge in [-0.25, -0.2) is 9.48 Å². The van der Waals surface area contributed by atoms with Crippen molar-refractivity contribution in [1.29, 1.82) is 0 Å². The summed E-state index contributed by atoms with van der Waals surface area (Å²) < 4.78 is 6.71. The van der Waals surface area contributed by atoms with Gasteiger partial charge in [-0.2, -0.15) is 0 Å². The molecule has 0 amide bonds. The fraction of sp³-hybridized carbons (Fsp3) is 0.727. The highest BCUT2D eigenvalue weighted by Crippen LogP contribution is 2.46. The third-order valence-corrected chi connectivity index (χ3v) is 3.49. The molecular weight excluding hydrogens is 238 g/mol. The predicted molar refractivity (Wildman–Crippen MR) is 61.2 cm³/mol. The van der Waals surface area contributed by atoms with Crippen LogP contribution in [0.2, 0.25) is 0 Å². The average Bonchev–Trinajstić information content (AvgIpc) is 3.00. The molecule has 18 heavy (non-hydrogen) atoms. The minimum absolute atomic E-state index is 0.0794. The second-order valence-corrected chi connectivity index (χ2v) is 4.82. The summed E-state index contributed by atoms with van der Waals surface area (Å²) in [6.45, 7) is 2.31. The second-order valence-electron chi connectivity index (χ2n) is 4.82. The van der Waals surface area contributed by atoms with E-state index in [1.54, 1.807) is 11.6 Å². The number of hydrogen-bond acceptors (Lipinski definition) is 5. The minimum atomic E-state index is -1.12. The van der Waals surface area contributed by atoms with E-state index in [9.17, 15) is 9.90 Å². The van der Waals surface area contributed by atoms with Crippen molar-refractivity contribution in [3.8, 4) is 0 Å². The quantitative estimate of drug-likeness (QED) is 0.766. The van der Waals surface area contributed by atoms with Crippen LogP contribution in [-0.2, 0) is 11.3 Å². The first kappa shape index (κ1) is 13.0. The SMILES string of the molecule is COC(C)c1c(C(=O)O)nnn1CC1(CO)CC1. The van der Waals surface area contributed by atoms with Gasteiger partial charge in [0.1, 0.15) is 5.69 Å². The number of aliphatic hydroxyl groups excluding tert-OH is 1. The maximum atomic E-state index is 11.1. The Kier molecular flexibility index (Phi) is 3.36. The molecule has 1 atom stereocenters. The normalized spacial score (nSPS) is 18.6. The van der Waals surface area contributed by atoms with Crippen molar-refractivity contribution >= 4 is 5.97 Å². The van der Waals surface area contributed by atoms with Crippen molar-refractivity contribution in [3.05, 3.63) is 11.4 Å². The Bertz CT molecular complexity index is 453. The highest BCUT2D eigenvalue weighted by atomic mass is 16.5. The van der Waals surface area contributed by atoms with Gasteiger partial charge in [-0.15, -0.1) is 5.10 Å². The fourth-order valence-corrected chi connectivity index (χ4v) is 1.96. The zero-order chi connectivity index (χ0) is 13.3. The average molecular weight is 255 g/mol. The molecule has 0 aliphatic heterocycles. The van der Waals surface area contributed by atoms with Crippen LogP contribution in [0.15, 0.2) is 0 Å². The maximum absolute atomic E-state index is 11.1. The number of nitrogens with zero attached hydrogens (tertiary/aromatic N) is 3. The number of hydrogen-bond donors (Lipinski definition) is 2. The van der Waals surface area contributed by atoms with Crippen LogP contribution < -0.4 is 0 Å². The molecular formula is C11H17N3O4. The van der Waals surface area contributed by atoms with E-state index < -0.39 is 12.1 Å². The van der Waals surface area contributed by atoms with Crippen LogP contribution in [0.5, 0.6) is 0 Å². The van der Waals surface area contributed by atoms with Crippen molar-refractivity contribution in [1.82, 2.24) is 15.0 Å². The molecule has 1 aliphatic carbocycles. The molecule has 7 heteroatoms. The lowest BCUT2D eigenvalue weighted by Crippen LogP contribution is -2.20. The van der Waals surface area contributed by atoms with Gasteiger partial charge >= 0.3 is 5.97 Å². The Balaban J connectivity index is 2.32. The lowest BCUT2D eigenvalue weighted by Gasteiger charge is -2.16. The summed E-state index contributed by atoms with van der Waals surface area (Å²) in [6, 6.07) is 0. The zero-order valence-electron chi connectivity index (χ0n) is 10.5. The number of methoxy groups -OCH3 is 1. The van der Waals surface area contributed by atoms with Crippen LogP contribution in [0.4, 0.5) is 0 Å². The number of ether oxygens (including phenoxy) is 1. The number of aromatic nitrogens is 3. The lowest BCUT2D eigenvalue weighted by atomic mass is 10.1. The molecule has 1 heterocycles. The van der Waals surface area contributed by atoms with Crippen LogP contribution in [0.25, 0.3) is 0 Å². The van der Waals surface area contributed by atoms with E-state index >= 15 is 0 Å². The monoisotopic (exact) mass is 255 g/mol. The molecule has 100 valence electrons. The van der Waals surface area contributed by atoms with E-state index in [0.717, 1.165) is 12.8 Å². The molecule has 0 radical (unpaired) electrons. The summed E-state index contributed by atoms with van der Waals surface area (Å²) in [7, 11) is 1.51. The zero-order valence-corrected chi connectivity index (χ0v) is 10.5. The van der Waals surface area contributed by atoms with Crippen molar-refractivity contribution in [2.45, 2.75) is 32.4 Å². The van der Waals surface area contributed by atoms with Crippen LogP contribution in [0.1, 0.15) is 42.1 Å². The Morgan fingerprint density at radius 3 is 2.72 bits per heavy atom. The Hall–Kier alpha value is -1.47. The summed E-state index contributed by atoms with van der Waals surface area (Å²) in [6.07, 6.45) is 1.44. The molecule has 1 unspecified atom stereocenters. The van der Waals surface area contributed by atoms with Crippen molar-refractivity contribution in [2.24, 2.45) is 5.41 Å². The first-order chi connectivity index (χ1) is 8.53. The Morgan fingerprint density at radius 1 is 1.61 bits per heavy atom. The van der Waals surface area contributed by atoms with E-state index in [-0.39, 0.29) is 17.7 Å². The topological polar surface area (TPSA) is 97.5 Å². The molecule has 7 nitrogen and oxygen atoms in total. The van der Waals surface area contributed by atoms with Gasteiger partial charge < -0.3 is 14.9 Å². The molecule has 1 aliphatic rings. The van der Waals surface area contributed by atoms with E-state index in [1.165, 1.54) is 7.11 Å². The smallest absolute Gasteiger partial charge is 0.358 e. The van der Waals surface area contributed by atoms with E-state index in [2.05, 4.69) is 10.3 Å². The Labute approximate surface area is 104 Å². The number of aromatic carboxylic acids is 1. The molecule has 0 saturated heterocycles. The molecule has 2 rings (SSSR count). The summed E-state index contributed by atoms with van der Waals surface area (Å²) in [5.41, 5.74) is 0.203. The Morgan fingerprint density at radius 2 is 2.28 bits per heavy atom. The summed E-state index contributed by atoms with van der Waals surface area (Å²) in [4.78, 5) is 11.1. The van der Waals surface area contributed by atoms with Gasteiger partial charge in [0.25, 0.3) is 0 Å². The van der Waals surface area contributed by atoms with E-state index in [0.29, 0.717) is 12.2 Å². The van der Waals surface area contributed by atoms with Gasteiger partial charge in [0.2, 0.25) is 0 Å². The largest absolute Gasteiger partial charge is 0.476 e. The molecule has 2 N–H and O–H groups in total. The third kappa shape index (κ3) is 2.23. The van der Waals surface area contributed by atoms with E-state index in [4.69, 9.17) is 9.84 Å². The van der Waals surface area contributed by atoms with Crippen LogP contribution in [0, 0.1) is 5.41 Å². The minimum Gasteiger partial charge on any atom is -0.476 e. The first-order valence-electron chi connectivity index (χ1n) is 5.83. The fourth-order valence-electron chi connectivity index (χ4n) is 1.96. The molecule has 0 spiro atoms. The summed E-state index contributed by atoms with van der Waals surface area (Å²) in [5, 5.41) is 25.9. The second kappa shape index (κ2) is 4.66. The lowest BCUT2D eigenvalue weighted by molar-refractivity contribution is 0.0672. The number of carboxylic acids is 1. The van der Waals surface area contributed by atoms with Gasteiger partial charge in [-0.05, 0) is 19.8 Å². The highest BCUT2D eigenvalue weighted by molar-refractivity contribution is 5.86. The van der Waals surface area contributed by atoms with Crippen molar-refractivity contribution in [3.63, 3.8) is 0 Å². The number of aliphatic hydroxyl groups is 1. The van der Waals surface area contributed by atoms with Gasteiger partial charge in [0, 0.05) is 12.5 Å². The maximum Gasteiger partial charge on any atom is 0.358 e. The van der Waals surface area contributed by atoms with Crippen LogP contribution >= 0.6 is 0 Å². The first-order valence-corrected chi connectivity index (χ1v) is 5.83. The molecule has 1 aromatic rings. The van der Waals surface area contributed by atoms with Gasteiger partial charge in [0.15, 0.2) is 5.69 Å². The standard InChI is InChI=1S/C11H17N3O4/c1-7(18-2)9-8(10(16)17)12-13-14(9)5-11(6-15)3-4-11/h7,15H,3-6H2,1-2H3,(H,16,17). The van der Waals surface area contributed by atoms with Gasteiger partial charge in [-0.1, -0.05) is 5.21 Å². The molecule has 1 saturated carbocycles. The number of carbonyl (C=O) groups is 1. The number of rotatable bonds is 6. The van der Waals surface area contributed by atoms with Gasteiger partial charge in [-0.3, -0.25) is 0 Å².